The maximum absolute atomic E-state index is 7.54. The quantitative estimate of drug-likeness (QED) is 0.454. The van der Waals surface area contributed by atoms with Gasteiger partial charge in [0.15, 0.2) is 0 Å². The number of hydrogen-bond acceptors (Lipinski definition) is 2. The molecule has 3 aliphatic carbocycles. The van der Waals surface area contributed by atoms with Gasteiger partial charge in [-0.2, -0.15) is 0 Å². The Hall–Kier alpha value is -1.90. The molecule has 0 N–H and O–H groups in total. The Morgan fingerprint density at radius 3 is 2.69 bits per heavy atom. The van der Waals surface area contributed by atoms with Gasteiger partial charge in [-0.3, -0.25) is 0 Å². The molecule has 2 bridgehead atoms. The standard InChI is InChI=1S/C33H39NO/c1-31-15-14-27-21-26-10-11-28(34-18-4-5-19-34)22-32(26)16-17-33(27,35-32)30(31)13-12-29(31)25-9-8-23-6-2-3-7-24(23)20-25/h2-3,6-9,14,20-21,28-30H,4-5,10-13,15-19,22H2,1H3/t28-,29+,30+,31+,32+,33+/m0/s1. The summed E-state index contributed by atoms with van der Waals surface area (Å²) < 4.78 is 7.54. The molecule has 182 valence electrons. The van der Waals surface area contributed by atoms with E-state index in [-0.39, 0.29) is 16.6 Å². The lowest BCUT2D eigenvalue weighted by atomic mass is 9.58. The molecule has 2 aromatic carbocycles. The van der Waals surface area contributed by atoms with E-state index in [1.807, 2.05) is 0 Å². The molecule has 3 aliphatic heterocycles. The number of rotatable bonds is 2. The van der Waals surface area contributed by atoms with Gasteiger partial charge >= 0.3 is 0 Å². The Kier molecular flexibility index (Phi) is 4.44. The maximum Gasteiger partial charge on any atom is 0.0974 e. The molecule has 2 heteroatoms. The van der Waals surface area contributed by atoms with Crippen LogP contribution in [0.3, 0.4) is 0 Å². The van der Waals surface area contributed by atoms with Crippen molar-refractivity contribution in [3.05, 3.63) is 71.3 Å². The van der Waals surface area contributed by atoms with Gasteiger partial charge in [0.2, 0.25) is 0 Å². The van der Waals surface area contributed by atoms with Gasteiger partial charge in [0, 0.05) is 6.04 Å². The molecule has 6 aliphatic rings. The number of allylic oxidation sites excluding steroid dienone is 1. The Balaban J connectivity index is 1.15. The lowest BCUT2D eigenvalue weighted by molar-refractivity contribution is -0.140. The van der Waals surface area contributed by atoms with Crippen LogP contribution < -0.4 is 0 Å². The van der Waals surface area contributed by atoms with Crippen LogP contribution in [0.15, 0.2) is 65.8 Å². The maximum atomic E-state index is 7.54. The molecular weight excluding hydrogens is 426 g/mol. The third-order valence-corrected chi connectivity index (χ3v) is 11.5. The lowest BCUT2D eigenvalue weighted by Gasteiger charge is -2.55. The fourth-order valence-corrected chi connectivity index (χ4v) is 9.77. The van der Waals surface area contributed by atoms with E-state index in [1.54, 1.807) is 16.7 Å². The van der Waals surface area contributed by atoms with Gasteiger partial charge in [-0.1, -0.05) is 61.5 Å². The molecule has 3 heterocycles. The summed E-state index contributed by atoms with van der Waals surface area (Å²) in [6.07, 6.45) is 18.1. The average molecular weight is 466 g/mol. The molecule has 2 saturated carbocycles. The molecule has 8 rings (SSSR count). The van der Waals surface area contributed by atoms with E-state index in [1.165, 1.54) is 88.1 Å². The Bertz CT molecular complexity index is 1250. The molecule has 0 unspecified atom stereocenters. The molecule has 6 atom stereocenters. The summed E-state index contributed by atoms with van der Waals surface area (Å²) in [6.45, 7) is 5.22. The van der Waals surface area contributed by atoms with E-state index < -0.39 is 0 Å². The van der Waals surface area contributed by atoms with Gasteiger partial charge < -0.3 is 9.64 Å². The van der Waals surface area contributed by atoms with Crippen LogP contribution >= 0.6 is 0 Å². The lowest BCUT2D eigenvalue weighted by Crippen LogP contribution is -2.55. The summed E-state index contributed by atoms with van der Waals surface area (Å²) in [5.74, 6) is 1.26. The largest absolute Gasteiger partial charge is 0.359 e. The van der Waals surface area contributed by atoms with E-state index in [0.29, 0.717) is 11.8 Å². The fourth-order valence-electron chi connectivity index (χ4n) is 9.77. The van der Waals surface area contributed by atoms with Crippen molar-refractivity contribution in [3.8, 4) is 0 Å². The second-order valence-electron chi connectivity index (χ2n) is 13.0. The Morgan fingerprint density at radius 1 is 0.943 bits per heavy atom. The van der Waals surface area contributed by atoms with Crippen molar-refractivity contribution in [3.63, 3.8) is 0 Å². The molecule has 0 aromatic heterocycles. The summed E-state index contributed by atoms with van der Waals surface area (Å²) in [5, 5.41) is 2.75. The van der Waals surface area contributed by atoms with Crippen LogP contribution in [-0.2, 0) is 4.74 Å². The number of fused-ring (bicyclic) bond motifs is 2. The zero-order chi connectivity index (χ0) is 23.3. The summed E-state index contributed by atoms with van der Waals surface area (Å²) in [7, 11) is 0. The van der Waals surface area contributed by atoms with Gasteiger partial charge in [-0.15, -0.1) is 0 Å². The Labute approximate surface area is 210 Å². The monoisotopic (exact) mass is 465 g/mol. The van der Waals surface area contributed by atoms with Crippen LogP contribution in [-0.4, -0.2) is 35.2 Å². The van der Waals surface area contributed by atoms with Gasteiger partial charge in [0.1, 0.15) is 0 Å². The second kappa shape index (κ2) is 7.33. The Morgan fingerprint density at radius 2 is 1.80 bits per heavy atom. The first-order valence-corrected chi connectivity index (χ1v) is 14.4. The van der Waals surface area contributed by atoms with Gasteiger partial charge in [-0.25, -0.2) is 0 Å². The number of benzene rings is 2. The molecule has 2 nitrogen and oxygen atoms in total. The van der Waals surface area contributed by atoms with Crippen molar-refractivity contribution < 1.29 is 4.74 Å². The van der Waals surface area contributed by atoms with Crippen LogP contribution in [0, 0.1) is 11.3 Å². The number of hydrogen-bond donors (Lipinski definition) is 0. The van der Waals surface area contributed by atoms with Gasteiger partial charge in [0.25, 0.3) is 0 Å². The highest BCUT2D eigenvalue weighted by atomic mass is 16.5. The third-order valence-electron chi connectivity index (χ3n) is 11.5. The summed E-state index contributed by atoms with van der Waals surface area (Å²) in [6, 6.07) is 16.8. The predicted molar refractivity (Wildman–Crippen MR) is 143 cm³/mol. The minimum absolute atomic E-state index is 0.0299. The molecule has 35 heavy (non-hydrogen) atoms. The topological polar surface area (TPSA) is 12.5 Å². The average Bonchev–Trinajstić information content (AvgIpc) is 3.60. The molecule has 4 fully saturated rings. The molecule has 0 amide bonds. The highest BCUT2D eigenvalue weighted by Crippen LogP contribution is 2.69. The third kappa shape index (κ3) is 2.85. The minimum atomic E-state index is -0.0327. The van der Waals surface area contributed by atoms with Crippen molar-refractivity contribution in [1.29, 1.82) is 0 Å². The minimum Gasteiger partial charge on any atom is -0.359 e. The van der Waals surface area contributed by atoms with Crippen molar-refractivity contribution in [2.45, 2.75) is 94.3 Å². The van der Waals surface area contributed by atoms with Crippen molar-refractivity contribution >= 4 is 10.8 Å². The van der Waals surface area contributed by atoms with Crippen LogP contribution in [0.4, 0.5) is 0 Å². The number of ether oxygens (including phenoxy) is 1. The summed E-state index contributed by atoms with van der Waals surface area (Å²) in [5.41, 5.74) is 5.03. The first-order valence-electron chi connectivity index (χ1n) is 14.4. The SMILES string of the molecule is C[C@]12CC=C3C=C4CC[C@H](N5CCCC5)C[C@]45CC[C@]3(O5)[C@@H]1CC[C@@H]2c1ccc2ccccc2c1. The van der Waals surface area contributed by atoms with Crippen LogP contribution in [0.5, 0.6) is 0 Å². The van der Waals surface area contributed by atoms with E-state index in [9.17, 15) is 0 Å². The highest BCUT2D eigenvalue weighted by molar-refractivity contribution is 5.83. The van der Waals surface area contributed by atoms with Gasteiger partial charge in [-0.05, 0) is 122 Å². The van der Waals surface area contributed by atoms with Gasteiger partial charge in [0.05, 0.1) is 11.2 Å². The zero-order valence-corrected chi connectivity index (χ0v) is 21.3. The zero-order valence-electron chi connectivity index (χ0n) is 21.3. The second-order valence-corrected chi connectivity index (χ2v) is 13.0. The van der Waals surface area contributed by atoms with Crippen molar-refractivity contribution in [1.82, 2.24) is 4.90 Å². The molecular formula is C33H39NO. The predicted octanol–water partition coefficient (Wildman–Crippen LogP) is 7.55. The fraction of sp³-hybridized carbons (Fsp3) is 0.576. The molecule has 2 aromatic rings. The number of likely N-dealkylation sites (tertiary alicyclic amines) is 1. The first-order chi connectivity index (χ1) is 17.1. The van der Waals surface area contributed by atoms with Crippen LogP contribution in [0.2, 0.25) is 0 Å². The van der Waals surface area contributed by atoms with E-state index >= 15 is 0 Å². The molecule has 2 spiro atoms. The van der Waals surface area contributed by atoms with Crippen molar-refractivity contribution in [2.24, 2.45) is 11.3 Å². The van der Waals surface area contributed by atoms with E-state index in [0.717, 1.165) is 6.04 Å². The van der Waals surface area contributed by atoms with Crippen molar-refractivity contribution in [2.75, 3.05) is 13.1 Å². The van der Waals surface area contributed by atoms with E-state index in [4.69, 9.17) is 4.74 Å². The first kappa shape index (κ1) is 21.2. The summed E-state index contributed by atoms with van der Waals surface area (Å²) >= 11 is 0. The smallest absolute Gasteiger partial charge is 0.0974 e. The highest BCUT2D eigenvalue weighted by Gasteiger charge is 2.66. The molecule has 0 radical (unpaired) electrons. The van der Waals surface area contributed by atoms with Crippen LogP contribution in [0.1, 0.15) is 82.6 Å². The van der Waals surface area contributed by atoms with E-state index in [2.05, 4.69) is 66.4 Å². The summed E-state index contributed by atoms with van der Waals surface area (Å²) in [4.78, 5) is 2.79. The normalized spacial score (nSPS) is 42.4. The number of nitrogens with zero attached hydrogens (tertiary/aromatic N) is 1. The van der Waals surface area contributed by atoms with Crippen LogP contribution in [0.25, 0.3) is 10.8 Å². The molecule has 2 saturated heterocycles.